The molecule has 0 spiro atoms. The third-order valence-electron chi connectivity index (χ3n) is 9.72. The number of carbonyl (C=O) groups is 1. The van der Waals surface area contributed by atoms with Gasteiger partial charge in [-0.2, -0.15) is 4.58 Å². The molecule has 2 aromatic carbocycles. The number of ketones is 1. The molecule has 0 radical (unpaired) electrons. The number of rotatable bonds is 12. The molecule has 234 valence electrons. The van der Waals surface area contributed by atoms with Crippen LogP contribution in [0.15, 0.2) is 71.2 Å². The Morgan fingerprint density at radius 1 is 0.818 bits per heavy atom. The van der Waals surface area contributed by atoms with Gasteiger partial charge in [0, 0.05) is 65.8 Å². The Balaban J connectivity index is 1.53. The summed E-state index contributed by atoms with van der Waals surface area (Å²) in [6.45, 7) is 15.1. The summed E-state index contributed by atoms with van der Waals surface area (Å²) in [5, 5.41) is 13.8. The van der Waals surface area contributed by atoms with E-state index in [-0.39, 0.29) is 22.4 Å². The quantitative estimate of drug-likeness (QED) is 0.0930. The van der Waals surface area contributed by atoms with Crippen molar-refractivity contribution in [1.82, 2.24) is 0 Å². The van der Waals surface area contributed by atoms with Crippen LogP contribution in [0.25, 0.3) is 0 Å². The number of allylic oxidation sites excluding steroid dienone is 5. The highest BCUT2D eigenvalue weighted by molar-refractivity contribution is 14.1. The Hall–Kier alpha value is -1.94. The van der Waals surface area contributed by atoms with Crippen LogP contribution in [-0.2, 0) is 15.6 Å². The molecule has 3 aliphatic rings. The molecule has 0 saturated carbocycles. The predicted molar refractivity (Wildman–Crippen MR) is 198 cm³/mol. The predicted octanol–water partition coefficient (Wildman–Crippen LogP) is 9.24. The molecular formula is C38H46I2N2O2. The van der Waals surface area contributed by atoms with Gasteiger partial charge in [-0.05, 0) is 114 Å². The summed E-state index contributed by atoms with van der Waals surface area (Å²) in [6, 6.07) is 13.2. The van der Waals surface area contributed by atoms with Crippen LogP contribution in [0.5, 0.6) is 0 Å². The van der Waals surface area contributed by atoms with E-state index in [4.69, 9.17) is 0 Å². The molecule has 0 fully saturated rings. The molecule has 0 atom stereocenters. The van der Waals surface area contributed by atoms with Crippen molar-refractivity contribution in [3.8, 4) is 0 Å². The third kappa shape index (κ3) is 6.10. The fraction of sp³-hybridized carbons (Fsp3) is 0.474. The van der Waals surface area contributed by atoms with E-state index in [2.05, 4.69) is 133 Å². The maximum atomic E-state index is 13.8. The van der Waals surface area contributed by atoms with Crippen LogP contribution < -0.4 is 10.0 Å². The minimum absolute atomic E-state index is 0.130. The van der Waals surface area contributed by atoms with Gasteiger partial charge >= 0.3 is 0 Å². The smallest absolute Gasteiger partial charge is 0.209 e. The average Bonchev–Trinajstić information content (AvgIpc) is 3.32. The second kappa shape index (κ2) is 13.4. The number of nitrogens with zero attached hydrogens (tertiary/aromatic N) is 2. The Morgan fingerprint density at radius 3 is 2.11 bits per heavy atom. The van der Waals surface area contributed by atoms with E-state index in [1.807, 2.05) is 12.2 Å². The molecule has 2 heterocycles. The molecule has 0 saturated heterocycles. The molecule has 2 aliphatic heterocycles. The van der Waals surface area contributed by atoms with Gasteiger partial charge in [0.1, 0.15) is 6.54 Å². The van der Waals surface area contributed by atoms with Gasteiger partial charge in [-0.1, -0.05) is 65.6 Å². The van der Waals surface area contributed by atoms with Gasteiger partial charge in [0.15, 0.2) is 11.5 Å². The molecule has 6 heteroatoms. The summed E-state index contributed by atoms with van der Waals surface area (Å²) in [5.74, 6) is -0.260. The summed E-state index contributed by atoms with van der Waals surface area (Å²) < 4.78 is 4.75. The zero-order chi connectivity index (χ0) is 31.8. The van der Waals surface area contributed by atoms with Crippen molar-refractivity contribution >= 4 is 68.1 Å². The molecule has 0 N–H and O–H groups in total. The lowest BCUT2D eigenvalue weighted by Crippen LogP contribution is -2.35. The van der Waals surface area contributed by atoms with E-state index in [0.29, 0.717) is 11.1 Å². The largest absolute Gasteiger partial charge is 0.871 e. The van der Waals surface area contributed by atoms with Crippen molar-refractivity contribution in [2.24, 2.45) is 0 Å². The van der Waals surface area contributed by atoms with Crippen molar-refractivity contribution < 1.29 is 14.5 Å². The number of halogens is 2. The lowest BCUT2D eigenvalue weighted by atomic mass is 9.77. The summed E-state index contributed by atoms with van der Waals surface area (Å²) in [4.78, 5) is 16.2. The standard InChI is InChI=1S/C38H46I2N2O2/c1-7-9-11-13-19-41-31-17-15-25(39)21-29(31)37(3,4)33(41)23-27-35(43)28(36(27)44)24-34-38(5,6)30-22-26(40)16-18-32(30)42(34)20-14-12-10-8-2/h15-18,21-24H,7-14,19-20H2,1-6H3. The lowest BCUT2D eigenvalue weighted by Gasteiger charge is -2.33. The van der Waals surface area contributed by atoms with Gasteiger partial charge in [-0.3, -0.25) is 4.79 Å². The number of hydrogen-bond acceptors (Lipinski definition) is 3. The van der Waals surface area contributed by atoms with E-state index in [1.54, 1.807) is 0 Å². The maximum Gasteiger partial charge on any atom is 0.209 e. The Morgan fingerprint density at radius 2 is 1.45 bits per heavy atom. The number of Topliss-reactive ketones (excluding diaryl/α,β-unsaturated/α-hetero) is 1. The normalized spacial score (nSPS) is 20.2. The zero-order valence-corrected chi connectivity index (χ0v) is 31.5. The Bertz CT molecular complexity index is 1590. The maximum absolute atomic E-state index is 13.8. The number of benzene rings is 2. The summed E-state index contributed by atoms with van der Waals surface area (Å²) in [5.41, 5.74) is 7.05. The van der Waals surface area contributed by atoms with Crippen molar-refractivity contribution in [1.29, 1.82) is 0 Å². The number of hydrogen-bond donors (Lipinski definition) is 0. The fourth-order valence-corrected chi connectivity index (χ4v) is 8.04. The second-order valence-electron chi connectivity index (χ2n) is 13.5. The molecule has 44 heavy (non-hydrogen) atoms. The fourth-order valence-electron chi connectivity index (χ4n) is 7.06. The Kier molecular flexibility index (Phi) is 10.2. The molecule has 5 rings (SSSR count). The van der Waals surface area contributed by atoms with Crippen molar-refractivity contribution in [2.45, 2.75) is 104 Å². The van der Waals surface area contributed by atoms with Gasteiger partial charge < -0.3 is 10.0 Å². The average molecular weight is 817 g/mol. The molecule has 0 aromatic heterocycles. The first-order chi connectivity index (χ1) is 20.9. The van der Waals surface area contributed by atoms with Crippen LogP contribution in [0.1, 0.15) is 104 Å². The molecule has 2 aromatic rings. The minimum atomic E-state index is -0.301. The van der Waals surface area contributed by atoms with E-state index in [1.165, 1.54) is 68.2 Å². The highest BCUT2D eigenvalue weighted by Gasteiger charge is 2.46. The first-order valence-corrected chi connectivity index (χ1v) is 18.5. The lowest BCUT2D eigenvalue weighted by molar-refractivity contribution is -0.438. The SMILES string of the molecule is CCCCCCN1/C(=C/C2=C([O-])C(=C\C3=[N+](CCCCCC)c4ccc(I)cc4C3(C)C)/C2=O)C(C)(C)c2cc(I)ccc21. The van der Waals surface area contributed by atoms with E-state index >= 15 is 0 Å². The van der Waals surface area contributed by atoms with Crippen LogP contribution >= 0.6 is 45.2 Å². The highest BCUT2D eigenvalue weighted by atomic mass is 127. The third-order valence-corrected chi connectivity index (χ3v) is 11.1. The summed E-state index contributed by atoms with van der Waals surface area (Å²) in [7, 11) is 0. The molecule has 1 aliphatic carbocycles. The zero-order valence-electron chi connectivity index (χ0n) is 27.2. The first kappa shape index (κ1) is 33.4. The van der Waals surface area contributed by atoms with E-state index in [9.17, 15) is 9.90 Å². The van der Waals surface area contributed by atoms with E-state index in [0.717, 1.165) is 37.3 Å². The number of fused-ring (bicyclic) bond motifs is 2. The minimum Gasteiger partial charge on any atom is -0.871 e. The molecule has 4 nitrogen and oxygen atoms in total. The number of carbonyl (C=O) groups excluding carboxylic acids is 1. The number of unbranched alkanes of at least 4 members (excludes halogenated alkanes) is 6. The van der Waals surface area contributed by atoms with Crippen LogP contribution in [0.4, 0.5) is 11.4 Å². The first-order valence-electron chi connectivity index (χ1n) is 16.4. The van der Waals surface area contributed by atoms with Crippen LogP contribution in [0.2, 0.25) is 0 Å². The topological polar surface area (TPSA) is 46.4 Å². The molecular weight excluding hydrogens is 770 g/mol. The second-order valence-corrected chi connectivity index (χ2v) is 16.0. The van der Waals surface area contributed by atoms with Crippen molar-refractivity contribution in [3.63, 3.8) is 0 Å². The Labute approximate surface area is 291 Å². The van der Waals surface area contributed by atoms with E-state index < -0.39 is 0 Å². The monoisotopic (exact) mass is 816 g/mol. The highest BCUT2D eigenvalue weighted by Crippen LogP contribution is 2.49. The molecule has 0 amide bonds. The van der Waals surface area contributed by atoms with Crippen LogP contribution in [0, 0.1) is 7.14 Å². The van der Waals surface area contributed by atoms with Crippen LogP contribution in [0.3, 0.4) is 0 Å². The van der Waals surface area contributed by atoms with Gasteiger partial charge in [-0.15, -0.1) is 0 Å². The van der Waals surface area contributed by atoms with Crippen molar-refractivity contribution in [2.75, 3.05) is 18.0 Å². The summed E-state index contributed by atoms with van der Waals surface area (Å²) in [6.07, 6.45) is 13.1. The van der Waals surface area contributed by atoms with Gasteiger partial charge in [0.05, 0.1) is 5.41 Å². The van der Waals surface area contributed by atoms with Crippen LogP contribution in [-0.4, -0.2) is 29.2 Å². The molecule has 0 bridgehead atoms. The van der Waals surface area contributed by atoms with Gasteiger partial charge in [-0.25, -0.2) is 0 Å². The van der Waals surface area contributed by atoms with Crippen molar-refractivity contribution in [3.05, 3.63) is 89.4 Å². The summed E-state index contributed by atoms with van der Waals surface area (Å²) >= 11 is 4.75. The van der Waals surface area contributed by atoms with Gasteiger partial charge in [0.2, 0.25) is 5.69 Å². The number of anilines is 1. The molecule has 0 unspecified atom stereocenters. The van der Waals surface area contributed by atoms with Gasteiger partial charge in [0.25, 0.3) is 0 Å².